The Hall–Kier alpha value is 0.790. The molecule has 0 unspecified atom stereocenters. The molecule has 1 heterocycles. The van der Waals surface area contributed by atoms with Crippen LogP contribution in [0.1, 0.15) is 38.5 Å². The normalized spacial score (nSPS) is 25.3. The van der Waals surface area contributed by atoms with Crippen molar-refractivity contribution >= 4 is 31.4 Å². The van der Waals surface area contributed by atoms with E-state index in [4.69, 9.17) is 0 Å². The van der Waals surface area contributed by atoms with Crippen LogP contribution in [0.2, 0.25) is 0 Å². The third kappa shape index (κ3) is 6.32. The molecule has 0 aliphatic carbocycles. The molecule has 0 nitrogen and oxygen atoms in total. The molecule has 1 aliphatic rings. The first-order chi connectivity index (χ1) is 6.00. The lowest BCUT2D eigenvalue weighted by Crippen LogP contribution is -1.81. The SMILES string of the molecule is C1=C\SSSCCCCCCC/1. The molecule has 70 valence electrons. The van der Waals surface area contributed by atoms with Gasteiger partial charge in [-0.15, -0.1) is 0 Å². The predicted octanol–water partition coefficient (Wildman–Crippen LogP) is 4.88. The molecule has 0 aromatic carbocycles. The largest absolute Gasteiger partial charge is 0.0822 e. The molecule has 12 heavy (non-hydrogen) atoms. The van der Waals surface area contributed by atoms with E-state index >= 15 is 0 Å². The minimum Gasteiger partial charge on any atom is -0.0822 e. The average molecular weight is 220 g/mol. The van der Waals surface area contributed by atoms with Crippen LogP contribution in [0.25, 0.3) is 0 Å². The van der Waals surface area contributed by atoms with E-state index in [0.29, 0.717) is 0 Å². The highest BCUT2D eigenvalue weighted by atomic mass is 33.5. The highest BCUT2D eigenvalue weighted by Gasteiger charge is 1.93. The highest BCUT2D eigenvalue weighted by Crippen LogP contribution is 2.36. The molecular weight excluding hydrogens is 204 g/mol. The van der Waals surface area contributed by atoms with Crippen LogP contribution in [-0.4, -0.2) is 5.75 Å². The van der Waals surface area contributed by atoms with Crippen LogP contribution in [0.4, 0.5) is 0 Å². The maximum absolute atomic E-state index is 2.31. The molecule has 0 bridgehead atoms. The first kappa shape index (κ1) is 10.9. The molecule has 0 saturated carbocycles. The Morgan fingerprint density at radius 2 is 1.75 bits per heavy atom. The van der Waals surface area contributed by atoms with E-state index in [1.165, 1.54) is 44.3 Å². The van der Waals surface area contributed by atoms with E-state index in [1.54, 1.807) is 0 Å². The first-order valence-electron chi connectivity index (χ1n) is 4.60. The monoisotopic (exact) mass is 220 g/mol. The summed E-state index contributed by atoms with van der Waals surface area (Å²) in [6.07, 6.45) is 10.7. The van der Waals surface area contributed by atoms with Crippen molar-refractivity contribution in [3.63, 3.8) is 0 Å². The van der Waals surface area contributed by atoms with Gasteiger partial charge in [0.2, 0.25) is 0 Å². The van der Waals surface area contributed by atoms with Crippen LogP contribution in [0.5, 0.6) is 0 Å². The predicted molar refractivity (Wildman–Crippen MR) is 64.5 cm³/mol. The van der Waals surface area contributed by atoms with Gasteiger partial charge in [0, 0.05) is 5.75 Å². The molecular formula is C9H16S3. The van der Waals surface area contributed by atoms with E-state index in [9.17, 15) is 0 Å². The van der Waals surface area contributed by atoms with Crippen molar-refractivity contribution in [1.29, 1.82) is 0 Å². The summed E-state index contributed by atoms with van der Waals surface area (Å²) in [7, 11) is 5.78. The molecule has 0 N–H and O–H groups in total. The number of hydrogen-bond donors (Lipinski definition) is 0. The van der Waals surface area contributed by atoms with E-state index in [-0.39, 0.29) is 0 Å². The fraction of sp³-hybridized carbons (Fsp3) is 0.778. The van der Waals surface area contributed by atoms with Gasteiger partial charge in [0.25, 0.3) is 0 Å². The molecule has 1 aliphatic heterocycles. The van der Waals surface area contributed by atoms with Crippen LogP contribution in [0.15, 0.2) is 11.5 Å². The minimum atomic E-state index is 1.28. The van der Waals surface area contributed by atoms with Crippen LogP contribution in [0.3, 0.4) is 0 Å². The van der Waals surface area contributed by atoms with E-state index in [0.717, 1.165) is 0 Å². The molecule has 1 rings (SSSR count). The van der Waals surface area contributed by atoms with Gasteiger partial charge in [-0.3, -0.25) is 0 Å². The van der Waals surface area contributed by atoms with Gasteiger partial charge in [-0.2, -0.15) is 0 Å². The Balaban J connectivity index is 2.10. The van der Waals surface area contributed by atoms with Crippen LogP contribution in [0, 0.1) is 0 Å². The Bertz CT molecular complexity index is 109. The third-order valence-corrected chi connectivity index (χ3v) is 5.70. The quantitative estimate of drug-likeness (QED) is 0.534. The van der Waals surface area contributed by atoms with Gasteiger partial charge in [-0.25, -0.2) is 0 Å². The molecule has 0 atom stereocenters. The summed E-state index contributed by atoms with van der Waals surface area (Å²) in [5, 5.41) is 2.24. The zero-order valence-corrected chi connectivity index (χ0v) is 9.78. The fourth-order valence-corrected chi connectivity index (χ4v) is 4.47. The van der Waals surface area contributed by atoms with Crippen molar-refractivity contribution in [3.8, 4) is 0 Å². The summed E-state index contributed by atoms with van der Waals surface area (Å²) in [6.45, 7) is 0. The van der Waals surface area contributed by atoms with Crippen molar-refractivity contribution in [2.75, 3.05) is 5.75 Å². The Morgan fingerprint density at radius 1 is 0.917 bits per heavy atom. The van der Waals surface area contributed by atoms with Crippen molar-refractivity contribution in [1.82, 2.24) is 0 Å². The van der Waals surface area contributed by atoms with Crippen LogP contribution in [-0.2, 0) is 0 Å². The fourth-order valence-electron chi connectivity index (χ4n) is 1.15. The van der Waals surface area contributed by atoms with Gasteiger partial charge >= 0.3 is 0 Å². The summed E-state index contributed by atoms with van der Waals surface area (Å²) in [5.41, 5.74) is 0. The molecule has 3 heteroatoms. The van der Waals surface area contributed by atoms with Gasteiger partial charge in [0.15, 0.2) is 0 Å². The lowest BCUT2D eigenvalue weighted by molar-refractivity contribution is 0.640. The van der Waals surface area contributed by atoms with Crippen LogP contribution >= 0.6 is 31.4 Å². The van der Waals surface area contributed by atoms with E-state index in [1.807, 2.05) is 31.4 Å². The van der Waals surface area contributed by atoms with Gasteiger partial charge in [-0.1, -0.05) is 46.9 Å². The Morgan fingerprint density at radius 3 is 2.75 bits per heavy atom. The smallest absolute Gasteiger partial charge is 0.00452 e. The van der Waals surface area contributed by atoms with Crippen molar-refractivity contribution in [3.05, 3.63) is 11.5 Å². The topological polar surface area (TPSA) is 0 Å². The first-order valence-corrected chi connectivity index (χ1v) is 8.31. The minimum absolute atomic E-state index is 1.28. The van der Waals surface area contributed by atoms with Crippen molar-refractivity contribution in [2.24, 2.45) is 0 Å². The highest BCUT2D eigenvalue weighted by molar-refractivity contribution is 9.09. The molecule has 0 radical (unpaired) electrons. The summed E-state index contributed by atoms with van der Waals surface area (Å²) >= 11 is 0. The zero-order chi connectivity index (χ0) is 8.49. The van der Waals surface area contributed by atoms with E-state index < -0.39 is 0 Å². The summed E-state index contributed by atoms with van der Waals surface area (Å²) in [4.78, 5) is 0. The third-order valence-electron chi connectivity index (χ3n) is 1.84. The lowest BCUT2D eigenvalue weighted by Gasteiger charge is -2.01. The Labute approximate surface area is 87.1 Å². The summed E-state index contributed by atoms with van der Waals surface area (Å²) < 4.78 is 0. The van der Waals surface area contributed by atoms with Gasteiger partial charge < -0.3 is 0 Å². The molecule has 0 saturated heterocycles. The lowest BCUT2D eigenvalue weighted by atomic mass is 10.1. The van der Waals surface area contributed by atoms with Gasteiger partial charge in [0.05, 0.1) is 0 Å². The summed E-state index contributed by atoms with van der Waals surface area (Å²) in [5.74, 6) is 1.32. The summed E-state index contributed by atoms with van der Waals surface area (Å²) in [6, 6.07) is 0. The average Bonchev–Trinajstić information content (AvgIpc) is 2.05. The van der Waals surface area contributed by atoms with Crippen LogP contribution < -0.4 is 0 Å². The Kier molecular flexibility index (Phi) is 7.60. The second-order valence-electron chi connectivity index (χ2n) is 2.91. The van der Waals surface area contributed by atoms with Crippen molar-refractivity contribution in [2.45, 2.75) is 38.5 Å². The second kappa shape index (κ2) is 8.39. The number of allylic oxidation sites excluding steroid dienone is 1. The molecule has 0 aromatic rings. The molecule has 0 spiro atoms. The van der Waals surface area contributed by atoms with Gasteiger partial charge in [0.1, 0.15) is 0 Å². The number of hydrogen-bond acceptors (Lipinski definition) is 3. The van der Waals surface area contributed by atoms with Gasteiger partial charge in [-0.05, 0) is 34.5 Å². The van der Waals surface area contributed by atoms with E-state index in [2.05, 4.69) is 11.5 Å². The molecule has 0 fully saturated rings. The number of rotatable bonds is 0. The zero-order valence-electron chi connectivity index (χ0n) is 7.33. The molecule has 0 aromatic heterocycles. The standard InChI is InChI=1S/C9H16S3/c1-2-4-6-8-10-12-11-9-7-5-3-1/h6,8H,1-5,7,9H2/b8-6-. The second-order valence-corrected chi connectivity index (χ2v) is 7.08. The maximum atomic E-state index is 2.31. The molecule has 0 amide bonds. The van der Waals surface area contributed by atoms with Crippen molar-refractivity contribution < 1.29 is 0 Å². The maximum Gasteiger partial charge on any atom is 0.00452 e.